The average Bonchev–Trinajstić information content (AvgIpc) is 3.24. The van der Waals surface area contributed by atoms with E-state index in [-0.39, 0.29) is 5.91 Å². The van der Waals surface area contributed by atoms with Crippen LogP contribution in [0.3, 0.4) is 0 Å². The van der Waals surface area contributed by atoms with Gasteiger partial charge in [-0.15, -0.1) is 22.7 Å². The van der Waals surface area contributed by atoms with Crippen molar-refractivity contribution in [3.8, 4) is 9.88 Å². The molecule has 2 aromatic heterocycles. The number of nitrogens with zero attached hydrogens (tertiary/aromatic N) is 1. The zero-order valence-corrected chi connectivity index (χ0v) is 14.2. The molecule has 8 heteroatoms. The van der Waals surface area contributed by atoms with Crippen molar-refractivity contribution >= 4 is 51.6 Å². The molecule has 0 spiro atoms. The van der Waals surface area contributed by atoms with Crippen molar-refractivity contribution in [1.82, 2.24) is 15.8 Å². The van der Waals surface area contributed by atoms with Gasteiger partial charge in [-0.2, -0.15) is 0 Å². The van der Waals surface area contributed by atoms with Crippen LogP contribution in [-0.2, 0) is 0 Å². The Morgan fingerprint density at radius 3 is 2.61 bits per heavy atom. The van der Waals surface area contributed by atoms with Crippen LogP contribution in [0.15, 0.2) is 53.2 Å². The van der Waals surface area contributed by atoms with E-state index in [1.807, 2.05) is 47.8 Å². The topological polar surface area (TPSA) is 66.1 Å². The number of thiazole rings is 1. The second kappa shape index (κ2) is 7.32. The molecule has 0 atom stereocenters. The van der Waals surface area contributed by atoms with Crippen molar-refractivity contribution < 1.29 is 4.79 Å². The molecule has 0 radical (unpaired) electrons. The van der Waals surface area contributed by atoms with Crippen LogP contribution in [0.2, 0.25) is 0 Å². The van der Waals surface area contributed by atoms with E-state index in [0.29, 0.717) is 10.8 Å². The van der Waals surface area contributed by atoms with Gasteiger partial charge < -0.3 is 5.32 Å². The first-order valence-corrected chi connectivity index (χ1v) is 8.81. The van der Waals surface area contributed by atoms with Crippen LogP contribution >= 0.6 is 34.9 Å². The fourth-order valence-electron chi connectivity index (χ4n) is 1.75. The number of thiophene rings is 1. The maximum Gasteiger partial charge on any atom is 0.289 e. The molecule has 0 aliphatic carbocycles. The van der Waals surface area contributed by atoms with Crippen molar-refractivity contribution in [3.05, 3.63) is 58.9 Å². The van der Waals surface area contributed by atoms with Gasteiger partial charge in [0.05, 0.1) is 4.88 Å². The van der Waals surface area contributed by atoms with E-state index in [0.717, 1.165) is 15.6 Å². The smallest absolute Gasteiger partial charge is 0.289 e. The Morgan fingerprint density at radius 2 is 1.87 bits per heavy atom. The highest BCUT2D eigenvalue weighted by Gasteiger charge is 2.12. The Hall–Kier alpha value is -2.29. The molecule has 5 nitrogen and oxygen atoms in total. The normalized spacial score (nSPS) is 10.1. The quantitative estimate of drug-likeness (QED) is 0.493. The molecule has 0 unspecified atom stereocenters. The molecule has 2 heterocycles. The summed E-state index contributed by atoms with van der Waals surface area (Å²) >= 11 is 8.15. The van der Waals surface area contributed by atoms with E-state index >= 15 is 0 Å². The van der Waals surface area contributed by atoms with Gasteiger partial charge in [0, 0.05) is 11.1 Å². The molecule has 116 valence electrons. The first-order chi connectivity index (χ1) is 11.2. The zero-order chi connectivity index (χ0) is 16.1. The number of aromatic nitrogens is 1. The summed E-state index contributed by atoms with van der Waals surface area (Å²) in [5.41, 5.74) is 6.39. The molecule has 3 N–H and O–H groups in total. The molecule has 3 aromatic rings. The SMILES string of the molecule is O=C(NNC(=S)Nc1ccccc1)c1csc(-c2cccs2)n1. The predicted octanol–water partition coefficient (Wildman–Crippen LogP) is 3.50. The molecule has 0 aliphatic heterocycles. The minimum Gasteiger partial charge on any atom is -0.331 e. The number of anilines is 1. The molecular weight excluding hydrogens is 348 g/mol. The van der Waals surface area contributed by atoms with Crippen LogP contribution in [0.1, 0.15) is 10.5 Å². The number of nitrogens with one attached hydrogen (secondary N) is 3. The number of hydrogen-bond acceptors (Lipinski definition) is 5. The van der Waals surface area contributed by atoms with Gasteiger partial charge in [0.25, 0.3) is 5.91 Å². The predicted molar refractivity (Wildman–Crippen MR) is 98.7 cm³/mol. The highest BCUT2D eigenvalue weighted by molar-refractivity contribution is 7.80. The number of hydrogen-bond donors (Lipinski definition) is 3. The highest BCUT2D eigenvalue weighted by atomic mass is 32.1. The average molecular weight is 360 g/mol. The van der Waals surface area contributed by atoms with Crippen molar-refractivity contribution in [2.24, 2.45) is 0 Å². The summed E-state index contributed by atoms with van der Waals surface area (Å²) in [5.74, 6) is -0.332. The Balaban J connectivity index is 1.54. The van der Waals surface area contributed by atoms with Gasteiger partial charge in [-0.3, -0.25) is 15.6 Å². The molecule has 0 bridgehead atoms. The first kappa shape index (κ1) is 15.6. The number of para-hydroxylation sites is 1. The van der Waals surface area contributed by atoms with Crippen LogP contribution in [0, 0.1) is 0 Å². The van der Waals surface area contributed by atoms with Crippen molar-refractivity contribution in [1.29, 1.82) is 0 Å². The molecule has 0 aliphatic rings. The van der Waals surface area contributed by atoms with Crippen LogP contribution in [-0.4, -0.2) is 16.0 Å². The Labute approximate surface area is 146 Å². The lowest BCUT2D eigenvalue weighted by Crippen LogP contribution is -2.43. The Kier molecular flexibility index (Phi) is 4.96. The van der Waals surface area contributed by atoms with E-state index in [4.69, 9.17) is 12.2 Å². The third-order valence-corrected chi connectivity index (χ3v) is 4.88. The molecule has 0 fully saturated rings. The van der Waals surface area contributed by atoms with E-state index in [9.17, 15) is 4.79 Å². The zero-order valence-electron chi connectivity index (χ0n) is 11.8. The van der Waals surface area contributed by atoms with Crippen LogP contribution in [0.25, 0.3) is 9.88 Å². The summed E-state index contributed by atoms with van der Waals surface area (Å²) in [6.45, 7) is 0. The number of hydrazine groups is 1. The lowest BCUT2D eigenvalue weighted by molar-refractivity contribution is 0.0940. The van der Waals surface area contributed by atoms with E-state index < -0.39 is 0 Å². The summed E-state index contributed by atoms with van der Waals surface area (Å²) in [6.07, 6.45) is 0. The summed E-state index contributed by atoms with van der Waals surface area (Å²) in [7, 11) is 0. The molecule has 23 heavy (non-hydrogen) atoms. The van der Waals surface area contributed by atoms with Crippen molar-refractivity contribution in [2.45, 2.75) is 0 Å². The molecule has 0 saturated carbocycles. The van der Waals surface area contributed by atoms with Crippen LogP contribution in [0.4, 0.5) is 5.69 Å². The first-order valence-electron chi connectivity index (χ1n) is 6.64. The van der Waals surface area contributed by atoms with Gasteiger partial charge in [-0.25, -0.2) is 4.98 Å². The summed E-state index contributed by atoms with van der Waals surface area (Å²) < 4.78 is 0. The highest BCUT2D eigenvalue weighted by Crippen LogP contribution is 2.27. The standard InChI is InChI=1S/C15H12N4OS3/c20-13(11-9-23-14(17-11)12-7-4-8-22-12)18-19-15(21)16-10-5-2-1-3-6-10/h1-9H,(H,18,20)(H2,16,19,21). The van der Waals surface area contributed by atoms with Crippen LogP contribution in [0.5, 0.6) is 0 Å². The van der Waals surface area contributed by atoms with Crippen LogP contribution < -0.4 is 16.2 Å². The molecule has 3 rings (SSSR count). The van der Waals surface area contributed by atoms with Gasteiger partial charge in [-0.05, 0) is 35.8 Å². The molecule has 1 amide bonds. The number of carbonyl (C=O) groups is 1. The summed E-state index contributed by atoms with van der Waals surface area (Å²) in [4.78, 5) is 17.4. The lowest BCUT2D eigenvalue weighted by atomic mass is 10.3. The number of rotatable bonds is 3. The second-order valence-corrected chi connectivity index (χ2v) is 6.63. The van der Waals surface area contributed by atoms with Crippen molar-refractivity contribution in [3.63, 3.8) is 0 Å². The largest absolute Gasteiger partial charge is 0.331 e. The monoisotopic (exact) mass is 360 g/mol. The van der Waals surface area contributed by atoms with E-state index in [1.165, 1.54) is 11.3 Å². The van der Waals surface area contributed by atoms with Gasteiger partial charge in [-0.1, -0.05) is 24.3 Å². The van der Waals surface area contributed by atoms with E-state index in [2.05, 4.69) is 21.2 Å². The van der Waals surface area contributed by atoms with Gasteiger partial charge in [0.15, 0.2) is 5.11 Å². The maximum atomic E-state index is 12.1. The van der Waals surface area contributed by atoms with Gasteiger partial charge >= 0.3 is 0 Å². The second-order valence-electron chi connectivity index (χ2n) is 4.41. The molecule has 1 aromatic carbocycles. The Morgan fingerprint density at radius 1 is 1.04 bits per heavy atom. The number of benzene rings is 1. The van der Waals surface area contributed by atoms with Gasteiger partial charge in [0.1, 0.15) is 10.7 Å². The van der Waals surface area contributed by atoms with Gasteiger partial charge in [0.2, 0.25) is 0 Å². The minimum absolute atomic E-state index is 0.304. The number of amides is 1. The number of thiocarbonyl (C=S) groups is 1. The number of carbonyl (C=O) groups excluding carboxylic acids is 1. The van der Waals surface area contributed by atoms with Crippen molar-refractivity contribution in [2.75, 3.05) is 5.32 Å². The third-order valence-electron chi connectivity index (χ3n) is 2.79. The molecular formula is C15H12N4OS3. The fourth-order valence-corrected chi connectivity index (χ4v) is 3.54. The third kappa shape index (κ3) is 4.13. The maximum absolute atomic E-state index is 12.1. The molecule has 0 saturated heterocycles. The fraction of sp³-hybridized carbons (Fsp3) is 0. The van der Waals surface area contributed by atoms with E-state index in [1.54, 1.807) is 16.7 Å². The summed E-state index contributed by atoms with van der Waals surface area (Å²) in [6, 6.07) is 13.4. The summed E-state index contributed by atoms with van der Waals surface area (Å²) in [5, 5.41) is 7.80. The Bertz CT molecular complexity index is 799. The minimum atomic E-state index is -0.332. The lowest BCUT2D eigenvalue weighted by Gasteiger charge is -2.10.